The number of aliphatic carboxylic acids is 1. The van der Waals surface area contributed by atoms with Crippen molar-refractivity contribution in [3.05, 3.63) is 70.7 Å². The van der Waals surface area contributed by atoms with E-state index in [1.807, 2.05) is 0 Å². The Balaban J connectivity index is 1.95. The van der Waals surface area contributed by atoms with E-state index in [4.69, 9.17) is 9.84 Å². The Morgan fingerprint density at radius 2 is 2.10 bits per heavy atom. The monoisotopic (exact) mass is 285 g/mol. The molecule has 0 fully saturated rings. The molecule has 1 aromatic heterocycles. The Labute approximate surface area is 121 Å². The highest BCUT2D eigenvalue weighted by Gasteiger charge is 1.97. The molecule has 108 valence electrons. The van der Waals surface area contributed by atoms with Crippen LogP contribution in [0.4, 0.5) is 0 Å². The summed E-state index contributed by atoms with van der Waals surface area (Å²) in [4.78, 5) is 22.0. The maximum atomic E-state index is 11.5. The van der Waals surface area contributed by atoms with Crippen molar-refractivity contribution in [1.29, 1.82) is 0 Å². The summed E-state index contributed by atoms with van der Waals surface area (Å²) >= 11 is 0. The SMILES string of the molecule is O=C(O)C=Cc1cccc(OCCn2ccccc2=O)c1. The number of benzene rings is 1. The van der Waals surface area contributed by atoms with E-state index in [2.05, 4.69) is 0 Å². The second kappa shape index (κ2) is 7.09. The van der Waals surface area contributed by atoms with Gasteiger partial charge in [0.15, 0.2) is 0 Å². The number of hydrogen-bond acceptors (Lipinski definition) is 3. The quantitative estimate of drug-likeness (QED) is 0.824. The summed E-state index contributed by atoms with van der Waals surface area (Å²) in [5.74, 6) is -0.365. The molecule has 2 rings (SSSR count). The van der Waals surface area contributed by atoms with Crippen LogP contribution in [0, 0.1) is 0 Å². The molecule has 0 spiro atoms. The molecule has 0 saturated carbocycles. The minimum atomic E-state index is -0.996. The average Bonchev–Trinajstić information content (AvgIpc) is 2.48. The van der Waals surface area contributed by atoms with Crippen LogP contribution in [0.1, 0.15) is 5.56 Å². The molecule has 0 aliphatic rings. The number of carbonyl (C=O) groups is 1. The fraction of sp³-hybridized carbons (Fsp3) is 0.125. The predicted octanol–water partition coefficient (Wildman–Crippen LogP) is 2.03. The number of pyridine rings is 1. The van der Waals surface area contributed by atoms with Gasteiger partial charge in [-0.2, -0.15) is 0 Å². The zero-order chi connectivity index (χ0) is 15.1. The van der Waals surface area contributed by atoms with Crippen LogP contribution < -0.4 is 10.3 Å². The molecule has 2 aromatic rings. The number of hydrogen-bond donors (Lipinski definition) is 1. The molecule has 0 unspecified atom stereocenters. The largest absolute Gasteiger partial charge is 0.492 e. The summed E-state index contributed by atoms with van der Waals surface area (Å²) in [5, 5.41) is 8.59. The minimum Gasteiger partial charge on any atom is -0.492 e. The summed E-state index contributed by atoms with van der Waals surface area (Å²) in [6, 6.07) is 12.1. The van der Waals surface area contributed by atoms with Gasteiger partial charge in [0.25, 0.3) is 5.56 Å². The van der Waals surface area contributed by atoms with Gasteiger partial charge >= 0.3 is 5.97 Å². The van der Waals surface area contributed by atoms with Crippen molar-refractivity contribution in [3.8, 4) is 5.75 Å². The normalized spacial score (nSPS) is 10.7. The molecule has 0 aliphatic heterocycles. The van der Waals surface area contributed by atoms with Crippen LogP contribution in [0.25, 0.3) is 6.08 Å². The topological polar surface area (TPSA) is 68.5 Å². The summed E-state index contributed by atoms with van der Waals surface area (Å²) in [6.07, 6.45) is 4.28. The Kier molecular flexibility index (Phi) is 4.93. The summed E-state index contributed by atoms with van der Waals surface area (Å²) in [7, 11) is 0. The standard InChI is InChI=1S/C16H15NO4/c18-15-6-1-2-9-17(15)10-11-21-14-5-3-4-13(12-14)7-8-16(19)20/h1-9,12H,10-11H2,(H,19,20). The van der Waals surface area contributed by atoms with Gasteiger partial charge in [0, 0.05) is 18.3 Å². The van der Waals surface area contributed by atoms with Crippen molar-refractivity contribution in [2.75, 3.05) is 6.61 Å². The molecule has 21 heavy (non-hydrogen) atoms. The van der Waals surface area contributed by atoms with E-state index in [1.165, 1.54) is 12.1 Å². The number of carboxylic acids is 1. The van der Waals surface area contributed by atoms with Gasteiger partial charge in [-0.05, 0) is 29.8 Å². The highest BCUT2D eigenvalue weighted by Crippen LogP contribution is 2.14. The van der Waals surface area contributed by atoms with Crippen molar-refractivity contribution in [2.24, 2.45) is 0 Å². The summed E-state index contributed by atoms with van der Waals surface area (Å²) in [5.41, 5.74) is 0.672. The number of carboxylic acid groups (broad SMARTS) is 1. The Morgan fingerprint density at radius 3 is 2.86 bits per heavy atom. The van der Waals surface area contributed by atoms with Crippen LogP contribution in [0.15, 0.2) is 59.5 Å². The third kappa shape index (κ3) is 4.65. The average molecular weight is 285 g/mol. The van der Waals surface area contributed by atoms with Crippen LogP contribution in [-0.2, 0) is 11.3 Å². The lowest BCUT2D eigenvalue weighted by Gasteiger charge is -2.08. The van der Waals surface area contributed by atoms with E-state index in [0.29, 0.717) is 18.9 Å². The van der Waals surface area contributed by atoms with Gasteiger partial charge in [0.1, 0.15) is 12.4 Å². The Hall–Kier alpha value is -2.82. The molecular formula is C16H15NO4. The molecule has 0 aliphatic carbocycles. The fourth-order valence-electron chi connectivity index (χ4n) is 1.78. The van der Waals surface area contributed by atoms with Crippen molar-refractivity contribution in [1.82, 2.24) is 4.57 Å². The third-order valence-electron chi connectivity index (χ3n) is 2.78. The molecule has 0 bridgehead atoms. The lowest BCUT2D eigenvalue weighted by molar-refractivity contribution is -0.131. The first-order valence-corrected chi connectivity index (χ1v) is 6.44. The van der Waals surface area contributed by atoms with E-state index >= 15 is 0 Å². The van der Waals surface area contributed by atoms with Crippen molar-refractivity contribution in [3.63, 3.8) is 0 Å². The van der Waals surface area contributed by atoms with Crippen molar-refractivity contribution in [2.45, 2.75) is 6.54 Å². The third-order valence-corrected chi connectivity index (χ3v) is 2.78. The molecule has 0 amide bonds. The highest BCUT2D eigenvalue weighted by molar-refractivity contribution is 5.85. The van der Waals surface area contributed by atoms with Crippen LogP contribution in [-0.4, -0.2) is 22.2 Å². The van der Waals surface area contributed by atoms with Gasteiger partial charge in [-0.3, -0.25) is 4.79 Å². The lowest BCUT2D eigenvalue weighted by atomic mass is 10.2. The van der Waals surface area contributed by atoms with E-state index in [9.17, 15) is 9.59 Å². The van der Waals surface area contributed by atoms with Gasteiger partial charge in [-0.1, -0.05) is 18.2 Å². The predicted molar refractivity (Wildman–Crippen MR) is 79.3 cm³/mol. The molecule has 0 saturated heterocycles. The second-order valence-electron chi connectivity index (χ2n) is 4.32. The number of nitrogens with zero attached hydrogens (tertiary/aromatic N) is 1. The highest BCUT2D eigenvalue weighted by atomic mass is 16.5. The van der Waals surface area contributed by atoms with Gasteiger partial charge in [0.2, 0.25) is 0 Å². The van der Waals surface area contributed by atoms with Crippen LogP contribution in [0.5, 0.6) is 5.75 Å². The van der Waals surface area contributed by atoms with Crippen LogP contribution in [0.2, 0.25) is 0 Å². The van der Waals surface area contributed by atoms with E-state index in [-0.39, 0.29) is 5.56 Å². The van der Waals surface area contributed by atoms with E-state index in [0.717, 1.165) is 11.6 Å². The second-order valence-corrected chi connectivity index (χ2v) is 4.32. The zero-order valence-electron chi connectivity index (χ0n) is 11.3. The molecule has 5 nitrogen and oxygen atoms in total. The molecular weight excluding hydrogens is 270 g/mol. The number of rotatable bonds is 6. The van der Waals surface area contributed by atoms with Gasteiger partial charge < -0.3 is 14.4 Å². The Bertz CT molecular complexity index is 703. The number of aromatic nitrogens is 1. The molecule has 0 radical (unpaired) electrons. The maximum Gasteiger partial charge on any atom is 0.328 e. The first-order valence-electron chi connectivity index (χ1n) is 6.44. The zero-order valence-corrected chi connectivity index (χ0v) is 11.3. The van der Waals surface area contributed by atoms with Crippen LogP contribution in [0.3, 0.4) is 0 Å². The minimum absolute atomic E-state index is 0.0701. The van der Waals surface area contributed by atoms with Crippen LogP contribution >= 0.6 is 0 Å². The van der Waals surface area contributed by atoms with E-state index in [1.54, 1.807) is 47.2 Å². The van der Waals surface area contributed by atoms with Gasteiger partial charge in [-0.25, -0.2) is 4.79 Å². The molecule has 1 aromatic carbocycles. The molecule has 0 atom stereocenters. The summed E-state index contributed by atoms with van der Waals surface area (Å²) in [6.45, 7) is 0.810. The smallest absolute Gasteiger partial charge is 0.328 e. The van der Waals surface area contributed by atoms with E-state index < -0.39 is 5.97 Å². The van der Waals surface area contributed by atoms with Gasteiger partial charge in [-0.15, -0.1) is 0 Å². The first-order chi connectivity index (χ1) is 10.1. The number of ether oxygens (including phenoxy) is 1. The first kappa shape index (κ1) is 14.6. The summed E-state index contributed by atoms with van der Waals surface area (Å²) < 4.78 is 7.14. The molecule has 1 N–H and O–H groups in total. The fourth-order valence-corrected chi connectivity index (χ4v) is 1.78. The van der Waals surface area contributed by atoms with Crippen molar-refractivity contribution < 1.29 is 14.6 Å². The Morgan fingerprint density at radius 1 is 1.24 bits per heavy atom. The maximum absolute atomic E-state index is 11.5. The molecule has 1 heterocycles. The van der Waals surface area contributed by atoms with Gasteiger partial charge in [0.05, 0.1) is 6.54 Å². The lowest BCUT2D eigenvalue weighted by Crippen LogP contribution is -2.21. The molecule has 5 heteroatoms. The van der Waals surface area contributed by atoms with Crippen molar-refractivity contribution >= 4 is 12.0 Å².